The van der Waals surface area contributed by atoms with Crippen molar-refractivity contribution >= 4 is 22.9 Å². The number of likely N-dealkylation sites (N-methyl/N-ethyl adjacent to an activating group) is 1. The molecule has 3 rings (SSSR count). The van der Waals surface area contributed by atoms with Crippen LogP contribution in [0.4, 0.5) is 5.95 Å². The van der Waals surface area contributed by atoms with E-state index in [2.05, 4.69) is 44.5 Å². The fourth-order valence-electron chi connectivity index (χ4n) is 2.81. The highest BCUT2D eigenvalue weighted by Crippen LogP contribution is 2.20. The van der Waals surface area contributed by atoms with Gasteiger partial charge >= 0.3 is 0 Å². The summed E-state index contributed by atoms with van der Waals surface area (Å²) in [5.74, 6) is 0.529. The fraction of sp³-hybridized carbons (Fsp3) is 0.263. The zero-order chi connectivity index (χ0) is 16.8. The lowest BCUT2D eigenvalue weighted by molar-refractivity contribution is -0.115. The van der Waals surface area contributed by atoms with Gasteiger partial charge in [0.25, 0.3) is 0 Å². The maximum Gasteiger partial charge on any atom is 0.240 e. The lowest BCUT2D eigenvalue weighted by Gasteiger charge is -2.10. The number of amides is 1. The summed E-state index contributed by atoms with van der Waals surface area (Å²) in [6.45, 7) is 1.08. The number of anilines is 1. The van der Waals surface area contributed by atoms with Crippen molar-refractivity contribution in [3.8, 4) is 0 Å². The monoisotopic (exact) mass is 322 g/mol. The van der Waals surface area contributed by atoms with E-state index >= 15 is 0 Å². The summed E-state index contributed by atoms with van der Waals surface area (Å²) in [6, 6.07) is 18.4. The molecule has 0 aliphatic heterocycles. The van der Waals surface area contributed by atoms with Gasteiger partial charge in [0.1, 0.15) is 0 Å². The molecule has 5 nitrogen and oxygen atoms in total. The van der Waals surface area contributed by atoms with E-state index in [-0.39, 0.29) is 12.5 Å². The summed E-state index contributed by atoms with van der Waals surface area (Å²) in [7, 11) is 1.75. The van der Waals surface area contributed by atoms with E-state index in [1.807, 2.05) is 30.3 Å². The van der Waals surface area contributed by atoms with Crippen LogP contribution in [0.1, 0.15) is 12.0 Å². The van der Waals surface area contributed by atoms with Crippen LogP contribution in [0, 0.1) is 0 Å². The molecule has 124 valence electrons. The average molecular weight is 322 g/mol. The molecule has 0 fully saturated rings. The number of hydrogen-bond acceptors (Lipinski definition) is 3. The number of para-hydroxylation sites is 2. The smallest absolute Gasteiger partial charge is 0.240 e. The van der Waals surface area contributed by atoms with E-state index < -0.39 is 0 Å². The number of aromatic nitrogens is 2. The highest BCUT2D eigenvalue weighted by atomic mass is 16.2. The molecule has 0 saturated carbocycles. The molecule has 24 heavy (non-hydrogen) atoms. The number of carbonyl (C=O) groups is 1. The Labute approximate surface area is 141 Å². The van der Waals surface area contributed by atoms with Gasteiger partial charge < -0.3 is 9.88 Å². The molecule has 2 aromatic carbocycles. The Hall–Kier alpha value is -2.66. The molecule has 0 unspecified atom stereocenters. The minimum absolute atomic E-state index is 0.0860. The van der Waals surface area contributed by atoms with Crippen molar-refractivity contribution in [2.45, 2.75) is 19.4 Å². The molecule has 0 aliphatic carbocycles. The van der Waals surface area contributed by atoms with Gasteiger partial charge in [-0.15, -0.1) is 0 Å². The van der Waals surface area contributed by atoms with E-state index in [1.165, 1.54) is 5.56 Å². The molecular formula is C19H22N4O. The zero-order valence-corrected chi connectivity index (χ0v) is 13.8. The van der Waals surface area contributed by atoms with Crippen LogP contribution < -0.4 is 10.6 Å². The second kappa shape index (κ2) is 7.75. The number of hydrogen-bond donors (Lipinski definition) is 2. The van der Waals surface area contributed by atoms with Crippen LogP contribution in [-0.2, 0) is 17.8 Å². The van der Waals surface area contributed by atoms with Gasteiger partial charge in [-0.3, -0.25) is 10.1 Å². The van der Waals surface area contributed by atoms with Crippen LogP contribution in [0.25, 0.3) is 11.0 Å². The van der Waals surface area contributed by atoms with Gasteiger partial charge in [0.15, 0.2) is 0 Å². The molecule has 5 heteroatoms. The predicted octanol–water partition coefficient (Wildman–Crippen LogP) is 2.83. The van der Waals surface area contributed by atoms with Gasteiger partial charge in [-0.05, 0) is 37.6 Å². The van der Waals surface area contributed by atoms with Crippen molar-refractivity contribution in [3.05, 3.63) is 60.2 Å². The first-order valence-corrected chi connectivity index (χ1v) is 8.21. The molecule has 0 aliphatic rings. The Bertz CT molecular complexity index is 811. The second-order valence-electron chi connectivity index (χ2n) is 5.74. The standard InChI is InChI=1S/C19H22N4O/c1-20-14-18(24)22-19-21-16-11-5-6-12-17(16)23(19)13-7-10-15-8-3-2-4-9-15/h2-6,8-9,11-12,20H,7,10,13-14H2,1H3,(H,21,22,24). The van der Waals surface area contributed by atoms with Crippen molar-refractivity contribution in [2.24, 2.45) is 0 Å². The molecule has 0 saturated heterocycles. The van der Waals surface area contributed by atoms with Gasteiger partial charge in [-0.1, -0.05) is 42.5 Å². The number of rotatable bonds is 7. The van der Waals surface area contributed by atoms with Crippen molar-refractivity contribution < 1.29 is 4.79 Å². The molecule has 1 heterocycles. The van der Waals surface area contributed by atoms with Crippen molar-refractivity contribution in [3.63, 3.8) is 0 Å². The van der Waals surface area contributed by atoms with Crippen molar-refractivity contribution in [2.75, 3.05) is 18.9 Å². The highest BCUT2D eigenvalue weighted by molar-refractivity contribution is 5.92. The van der Waals surface area contributed by atoms with Crippen LogP contribution in [0.15, 0.2) is 54.6 Å². The Kier molecular flexibility index (Phi) is 5.23. The molecule has 0 bridgehead atoms. The van der Waals surface area contributed by atoms with Gasteiger partial charge in [-0.25, -0.2) is 4.98 Å². The van der Waals surface area contributed by atoms with Crippen molar-refractivity contribution in [1.29, 1.82) is 0 Å². The maximum absolute atomic E-state index is 11.9. The summed E-state index contributed by atoms with van der Waals surface area (Å²) in [6.07, 6.45) is 1.98. The van der Waals surface area contributed by atoms with E-state index in [0.717, 1.165) is 30.4 Å². The SMILES string of the molecule is CNCC(=O)Nc1nc2ccccc2n1CCCc1ccccc1. The summed E-state index contributed by atoms with van der Waals surface area (Å²) >= 11 is 0. The van der Waals surface area contributed by atoms with Crippen LogP contribution in [0.3, 0.4) is 0 Å². The summed E-state index contributed by atoms with van der Waals surface area (Å²) in [4.78, 5) is 16.5. The number of nitrogens with zero attached hydrogens (tertiary/aromatic N) is 2. The van der Waals surface area contributed by atoms with Crippen molar-refractivity contribution in [1.82, 2.24) is 14.9 Å². The molecule has 0 radical (unpaired) electrons. The minimum atomic E-state index is -0.0860. The predicted molar refractivity (Wildman–Crippen MR) is 97.1 cm³/mol. The molecule has 1 amide bonds. The molecular weight excluding hydrogens is 300 g/mol. The van der Waals surface area contributed by atoms with E-state index in [4.69, 9.17) is 0 Å². The Morgan fingerprint density at radius 2 is 1.83 bits per heavy atom. The zero-order valence-electron chi connectivity index (χ0n) is 13.8. The van der Waals surface area contributed by atoms with E-state index in [9.17, 15) is 4.79 Å². The van der Waals surface area contributed by atoms with Gasteiger partial charge in [0.05, 0.1) is 17.6 Å². The maximum atomic E-state index is 11.9. The summed E-state index contributed by atoms with van der Waals surface area (Å²) < 4.78 is 2.09. The third-order valence-electron chi connectivity index (χ3n) is 3.93. The lowest BCUT2D eigenvalue weighted by Crippen LogP contribution is -2.26. The largest absolute Gasteiger partial charge is 0.311 e. The van der Waals surface area contributed by atoms with Crippen LogP contribution in [0.2, 0.25) is 0 Å². The number of benzene rings is 2. The number of imidazole rings is 1. The minimum Gasteiger partial charge on any atom is -0.311 e. The summed E-state index contributed by atoms with van der Waals surface area (Å²) in [5.41, 5.74) is 3.27. The Morgan fingerprint density at radius 1 is 1.08 bits per heavy atom. The quantitative estimate of drug-likeness (QED) is 0.703. The molecule has 3 aromatic rings. The third-order valence-corrected chi connectivity index (χ3v) is 3.93. The molecule has 2 N–H and O–H groups in total. The van der Waals surface area contributed by atoms with E-state index in [0.29, 0.717) is 5.95 Å². The highest BCUT2D eigenvalue weighted by Gasteiger charge is 2.12. The summed E-state index contributed by atoms with van der Waals surface area (Å²) in [5, 5.41) is 5.76. The number of aryl methyl sites for hydroxylation is 2. The fourth-order valence-corrected chi connectivity index (χ4v) is 2.81. The normalized spacial score (nSPS) is 10.9. The van der Waals surface area contributed by atoms with Gasteiger partial charge in [0, 0.05) is 6.54 Å². The van der Waals surface area contributed by atoms with E-state index in [1.54, 1.807) is 7.05 Å². The first-order chi connectivity index (χ1) is 11.8. The average Bonchev–Trinajstić information content (AvgIpc) is 2.93. The topological polar surface area (TPSA) is 59.0 Å². The Balaban J connectivity index is 1.77. The van der Waals surface area contributed by atoms with Gasteiger partial charge in [0.2, 0.25) is 11.9 Å². The number of fused-ring (bicyclic) bond motifs is 1. The van der Waals surface area contributed by atoms with Crippen LogP contribution in [0.5, 0.6) is 0 Å². The van der Waals surface area contributed by atoms with Gasteiger partial charge in [-0.2, -0.15) is 0 Å². The molecule has 1 aromatic heterocycles. The number of carbonyl (C=O) groups excluding carboxylic acids is 1. The van der Waals surface area contributed by atoms with Crippen LogP contribution in [-0.4, -0.2) is 29.1 Å². The molecule has 0 spiro atoms. The lowest BCUT2D eigenvalue weighted by atomic mass is 10.1. The van der Waals surface area contributed by atoms with Crippen LogP contribution >= 0.6 is 0 Å². The first-order valence-electron chi connectivity index (χ1n) is 8.21. The second-order valence-corrected chi connectivity index (χ2v) is 5.74. The Morgan fingerprint density at radius 3 is 2.62 bits per heavy atom. The third kappa shape index (κ3) is 3.81. The first kappa shape index (κ1) is 16.2. The molecule has 0 atom stereocenters. The number of nitrogens with one attached hydrogen (secondary N) is 2.